The number of hydrogen-bond acceptors (Lipinski definition) is 3. The van der Waals surface area contributed by atoms with Gasteiger partial charge in [0.2, 0.25) is 0 Å². The molecule has 1 aliphatic heterocycles. The number of nitrogens with one attached hydrogen (secondary N) is 1. The normalized spacial score (nSPS) is 21.5. The van der Waals surface area contributed by atoms with Crippen molar-refractivity contribution in [1.82, 2.24) is 5.32 Å². The van der Waals surface area contributed by atoms with Crippen LogP contribution in [0.2, 0.25) is 0 Å². The van der Waals surface area contributed by atoms with Gasteiger partial charge in [-0.25, -0.2) is 0 Å². The molecule has 1 heterocycles. The van der Waals surface area contributed by atoms with Crippen LogP contribution in [0.15, 0.2) is 24.3 Å². The minimum atomic E-state index is -0.206. The Morgan fingerprint density at radius 3 is 2.71 bits per heavy atom. The lowest BCUT2D eigenvalue weighted by Gasteiger charge is -2.27. The van der Waals surface area contributed by atoms with Gasteiger partial charge in [0.05, 0.1) is 6.10 Å². The molecule has 1 saturated heterocycles. The van der Waals surface area contributed by atoms with Gasteiger partial charge in [-0.15, -0.1) is 0 Å². The van der Waals surface area contributed by atoms with E-state index in [0.717, 1.165) is 38.9 Å². The van der Waals surface area contributed by atoms with E-state index in [1.807, 2.05) is 6.92 Å². The average molecular weight is 290 g/mol. The van der Waals surface area contributed by atoms with Gasteiger partial charge in [0.15, 0.2) is 0 Å². The highest BCUT2D eigenvalue weighted by molar-refractivity contribution is 5.55. The largest absolute Gasteiger partial charge is 0.393 e. The first-order chi connectivity index (χ1) is 10.2. The molecule has 21 heavy (non-hydrogen) atoms. The summed E-state index contributed by atoms with van der Waals surface area (Å²) in [4.78, 5) is 2.45. The molecule has 0 saturated carbocycles. The van der Waals surface area contributed by atoms with Crippen LogP contribution in [0.4, 0.5) is 5.69 Å². The molecule has 3 unspecified atom stereocenters. The standard InChI is InChI=1S/C18H30N2O/c1-4-11-19-17(5-2)16-8-6-7-9-18(16)20-12-10-15(13-20)14(3)21/h6-9,14-15,17,19,21H,4-5,10-13H2,1-3H3. The number of para-hydroxylation sites is 1. The molecular weight excluding hydrogens is 260 g/mol. The summed E-state index contributed by atoms with van der Waals surface area (Å²) >= 11 is 0. The Hall–Kier alpha value is -1.06. The number of benzene rings is 1. The van der Waals surface area contributed by atoms with Crippen molar-refractivity contribution in [3.05, 3.63) is 29.8 Å². The molecule has 1 aromatic rings. The molecule has 3 nitrogen and oxygen atoms in total. The van der Waals surface area contributed by atoms with Crippen LogP contribution in [0.5, 0.6) is 0 Å². The maximum absolute atomic E-state index is 9.82. The van der Waals surface area contributed by atoms with Crippen molar-refractivity contribution >= 4 is 5.69 Å². The number of anilines is 1. The van der Waals surface area contributed by atoms with E-state index in [4.69, 9.17) is 0 Å². The van der Waals surface area contributed by atoms with Crippen molar-refractivity contribution in [2.75, 3.05) is 24.5 Å². The quantitative estimate of drug-likeness (QED) is 0.808. The molecular formula is C18H30N2O. The fourth-order valence-electron chi connectivity index (χ4n) is 3.26. The highest BCUT2D eigenvalue weighted by Crippen LogP contribution is 2.32. The number of hydrogen-bond donors (Lipinski definition) is 2. The summed E-state index contributed by atoms with van der Waals surface area (Å²) in [6.45, 7) is 9.45. The Morgan fingerprint density at radius 2 is 2.10 bits per heavy atom. The highest BCUT2D eigenvalue weighted by atomic mass is 16.3. The highest BCUT2D eigenvalue weighted by Gasteiger charge is 2.28. The summed E-state index contributed by atoms with van der Waals surface area (Å²) in [6.07, 6.45) is 3.14. The Bertz CT molecular complexity index is 433. The Morgan fingerprint density at radius 1 is 1.33 bits per heavy atom. The van der Waals surface area contributed by atoms with Gasteiger partial charge in [-0.1, -0.05) is 32.0 Å². The zero-order chi connectivity index (χ0) is 15.2. The lowest BCUT2D eigenvalue weighted by Crippen LogP contribution is -2.27. The summed E-state index contributed by atoms with van der Waals surface area (Å²) in [7, 11) is 0. The van der Waals surface area contributed by atoms with Crippen LogP contribution in [-0.4, -0.2) is 30.8 Å². The van der Waals surface area contributed by atoms with Gasteiger partial charge < -0.3 is 15.3 Å². The van der Waals surface area contributed by atoms with E-state index >= 15 is 0 Å². The summed E-state index contributed by atoms with van der Waals surface area (Å²) in [5.41, 5.74) is 2.75. The van der Waals surface area contributed by atoms with Crippen molar-refractivity contribution in [2.45, 2.75) is 52.2 Å². The third-order valence-electron chi connectivity index (χ3n) is 4.61. The van der Waals surface area contributed by atoms with E-state index in [1.54, 1.807) is 0 Å². The van der Waals surface area contributed by atoms with Gasteiger partial charge in [-0.2, -0.15) is 0 Å². The molecule has 2 N–H and O–H groups in total. The second kappa shape index (κ2) is 7.81. The van der Waals surface area contributed by atoms with Crippen molar-refractivity contribution in [3.8, 4) is 0 Å². The smallest absolute Gasteiger partial charge is 0.0557 e. The van der Waals surface area contributed by atoms with Gasteiger partial charge >= 0.3 is 0 Å². The van der Waals surface area contributed by atoms with Crippen LogP contribution in [0.3, 0.4) is 0 Å². The maximum atomic E-state index is 9.82. The van der Waals surface area contributed by atoms with E-state index in [-0.39, 0.29) is 6.10 Å². The van der Waals surface area contributed by atoms with Crippen LogP contribution in [-0.2, 0) is 0 Å². The fraction of sp³-hybridized carbons (Fsp3) is 0.667. The minimum Gasteiger partial charge on any atom is -0.393 e. The molecule has 0 spiro atoms. The molecule has 2 rings (SSSR count). The van der Waals surface area contributed by atoms with E-state index < -0.39 is 0 Å². The Labute approximate surface area is 129 Å². The SMILES string of the molecule is CCCNC(CC)c1ccccc1N1CCC(C(C)O)C1. The summed E-state index contributed by atoms with van der Waals surface area (Å²) < 4.78 is 0. The minimum absolute atomic E-state index is 0.206. The summed E-state index contributed by atoms with van der Waals surface area (Å²) in [6, 6.07) is 9.17. The van der Waals surface area contributed by atoms with Gasteiger partial charge in [0.1, 0.15) is 0 Å². The van der Waals surface area contributed by atoms with Crippen LogP contribution in [0, 0.1) is 5.92 Å². The molecule has 0 aliphatic carbocycles. The molecule has 3 atom stereocenters. The predicted molar refractivity (Wildman–Crippen MR) is 89.8 cm³/mol. The van der Waals surface area contributed by atoms with E-state index in [2.05, 4.69) is 48.3 Å². The monoisotopic (exact) mass is 290 g/mol. The van der Waals surface area contributed by atoms with E-state index in [0.29, 0.717) is 12.0 Å². The number of rotatable bonds is 7. The molecule has 0 amide bonds. The number of nitrogens with zero attached hydrogens (tertiary/aromatic N) is 1. The topological polar surface area (TPSA) is 35.5 Å². The second-order valence-corrected chi connectivity index (χ2v) is 6.21. The van der Waals surface area contributed by atoms with Gasteiger partial charge in [0, 0.05) is 30.7 Å². The number of aliphatic hydroxyl groups excluding tert-OH is 1. The van der Waals surface area contributed by atoms with Gasteiger partial charge in [-0.3, -0.25) is 0 Å². The first-order valence-electron chi connectivity index (χ1n) is 8.42. The third-order valence-corrected chi connectivity index (χ3v) is 4.61. The molecule has 1 aliphatic rings. The zero-order valence-corrected chi connectivity index (χ0v) is 13.7. The number of aliphatic hydroxyl groups is 1. The summed E-state index contributed by atoms with van der Waals surface area (Å²) in [5, 5.41) is 13.5. The van der Waals surface area contributed by atoms with Crippen LogP contribution >= 0.6 is 0 Å². The first kappa shape index (κ1) is 16.3. The Balaban J connectivity index is 2.16. The molecule has 3 heteroatoms. The zero-order valence-electron chi connectivity index (χ0n) is 13.7. The predicted octanol–water partition coefficient (Wildman–Crippen LogP) is 3.34. The molecule has 0 radical (unpaired) electrons. The Kier molecular flexibility index (Phi) is 6.07. The molecule has 0 bridgehead atoms. The van der Waals surface area contributed by atoms with Crippen LogP contribution in [0.25, 0.3) is 0 Å². The molecule has 1 fully saturated rings. The summed E-state index contributed by atoms with van der Waals surface area (Å²) in [5.74, 6) is 0.404. The molecule has 118 valence electrons. The second-order valence-electron chi connectivity index (χ2n) is 6.21. The maximum Gasteiger partial charge on any atom is 0.0557 e. The van der Waals surface area contributed by atoms with Crippen molar-refractivity contribution in [3.63, 3.8) is 0 Å². The van der Waals surface area contributed by atoms with Crippen molar-refractivity contribution in [1.29, 1.82) is 0 Å². The first-order valence-corrected chi connectivity index (χ1v) is 8.42. The lowest BCUT2D eigenvalue weighted by molar-refractivity contribution is 0.136. The van der Waals surface area contributed by atoms with Gasteiger partial charge in [0.25, 0.3) is 0 Å². The average Bonchev–Trinajstić information content (AvgIpc) is 2.98. The van der Waals surface area contributed by atoms with Crippen molar-refractivity contribution in [2.24, 2.45) is 5.92 Å². The van der Waals surface area contributed by atoms with Crippen molar-refractivity contribution < 1.29 is 5.11 Å². The molecule has 0 aromatic heterocycles. The van der Waals surface area contributed by atoms with Crippen LogP contribution in [0.1, 0.15) is 51.6 Å². The van der Waals surface area contributed by atoms with Crippen LogP contribution < -0.4 is 10.2 Å². The van der Waals surface area contributed by atoms with Gasteiger partial charge in [-0.05, 0) is 44.4 Å². The third kappa shape index (κ3) is 3.98. The lowest BCUT2D eigenvalue weighted by atomic mass is 10.0. The molecule has 1 aromatic carbocycles. The van der Waals surface area contributed by atoms with E-state index in [1.165, 1.54) is 11.3 Å². The fourth-order valence-corrected chi connectivity index (χ4v) is 3.26. The van der Waals surface area contributed by atoms with E-state index in [9.17, 15) is 5.11 Å².